The van der Waals surface area contributed by atoms with Crippen LogP contribution in [-0.2, 0) is 19.3 Å². The van der Waals surface area contributed by atoms with Crippen molar-refractivity contribution in [3.05, 3.63) is 65.9 Å². The number of hydrogen-bond donors (Lipinski definition) is 1. The average Bonchev–Trinajstić information content (AvgIpc) is 3.43. The van der Waals surface area contributed by atoms with Gasteiger partial charge in [-0.15, -0.1) is 0 Å². The van der Waals surface area contributed by atoms with Crippen LogP contribution >= 0.6 is 11.8 Å². The normalized spacial score (nSPS) is 14.8. The van der Waals surface area contributed by atoms with Crippen LogP contribution in [0.3, 0.4) is 0 Å². The van der Waals surface area contributed by atoms with Gasteiger partial charge >= 0.3 is 0 Å². The van der Waals surface area contributed by atoms with Crippen molar-refractivity contribution >= 4 is 23.4 Å². The number of anilines is 1. The standard InChI is InChI=1S/C24H30N4O2S/c1-27-15-14-25-24(27)31-17-20-12-13-22(30-20)23(29)26-21-11-7-6-8-18(21)16-28(2)19-9-4-3-5-10-19/h6-8,11-15,19H,3-5,9-10,16-17H2,1-2H3,(H,26,29). The molecule has 164 valence electrons. The summed E-state index contributed by atoms with van der Waals surface area (Å²) >= 11 is 1.58. The predicted molar refractivity (Wildman–Crippen MR) is 124 cm³/mol. The number of nitrogens with zero attached hydrogens (tertiary/aromatic N) is 3. The highest BCUT2D eigenvalue weighted by Gasteiger charge is 2.20. The Labute approximate surface area is 188 Å². The molecule has 1 saturated carbocycles. The number of carbonyl (C=O) groups is 1. The molecule has 2 aromatic heterocycles. The minimum atomic E-state index is -0.221. The lowest BCUT2D eigenvalue weighted by Gasteiger charge is -2.31. The van der Waals surface area contributed by atoms with Crippen molar-refractivity contribution in [1.29, 1.82) is 0 Å². The summed E-state index contributed by atoms with van der Waals surface area (Å²) in [5.41, 5.74) is 1.97. The van der Waals surface area contributed by atoms with Crippen LogP contribution in [0, 0.1) is 0 Å². The summed E-state index contributed by atoms with van der Waals surface area (Å²) in [6, 6.07) is 12.3. The second kappa shape index (κ2) is 10.2. The van der Waals surface area contributed by atoms with Gasteiger partial charge in [0, 0.05) is 37.7 Å². The number of aryl methyl sites for hydroxylation is 1. The summed E-state index contributed by atoms with van der Waals surface area (Å²) in [6.07, 6.45) is 10.2. The Hall–Kier alpha value is -2.51. The number of imidazole rings is 1. The Morgan fingerprint density at radius 3 is 2.81 bits per heavy atom. The van der Waals surface area contributed by atoms with Crippen LogP contribution in [0.15, 0.2) is 58.4 Å². The Kier molecular flexibility index (Phi) is 7.14. The molecule has 0 radical (unpaired) electrons. The molecule has 1 amide bonds. The molecule has 0 saturated heterocycles. The van der Waals surface area contributed by atoms with Crippen LogP contribution in [0.5, 0.6) is 0 Å². The number of hydrogen-bond acceptors (Lipinski definition) is 5. The lowest BCUT2D eigenvalue weighted by atomic mass is 9.94. The van der Waals surface area contributed by atoms with Gasteiger partial charge in [-0.05, 0) is 43.7 Å². The molecule has 0 spiro atoms. The highest BCUT2D eigenvalue weighted by atomic mass is 32.2. The van der Waals surface area contributed by atoms with E-state index >= 15 is 0 Å². The van der Waals surface area contributed by atoms with Crippen molar-refractivity contribution in [2.75, 3.05) is 12.4 Å². The van der Waals surface area contributed by atoms with Gasteiger partial charge in [0.25, 0.3) is 5.91 Å². The molecule has 1 aliphatic carbocycles. The van der Waals surface area contributed by atoms with E-state index in [4.69, 9.17) is 4.42 Å². The molecule has 2 heterocycles. The highest BCUT2D eigenvalue weighted by Crippen LogP contribution is 2.26. The van der Waals surface area contributed by atoms with Gasteiger partial charge < -0.3 is 14.3 Å². The van der Waals surface area contributed by atoms with Crippen LogP contribution in [0.4, 0.5) is 5.69 Å². The fraction of sp³-hybridized carbons (Fsp3) is 0.417. The van der Waals surface area contributed by atoms with Gasteiger partial charge in [0.1, 0.15) is 5.76 Å². The topological polar surface area (TPSA) is 63.3 Å². The summed E-state index contributed by atoms with van der Waals surface area (Å²) in [6.45, 7) is 0.824. The summed E-state index contributed by atoms with van der Waals surface area (Å²) in [7, 11) is 4.14. The summed E-state index contributed by atoms with van der Waals surface area (Å²) in [5, 5.41) is 3.96. The molecule has 4 rings (SSSR count). The quantitative estimate of drug-likeness (QED) is 0.482. The Morgan fingerprint density at radius 1 is 1.23 bits per heavy atom. The van der Waals surface area contributed by atoms with E-state index in [1.807, 2.05) is 42.1 Å². The maximum absolute atomic E-state index is 12.8. The summed E-state index contributed by atoms with van der Waals surface area (Å²) in [5.74, 6) is 1.48. The maximum Gasteiger partial charge on any atom is 0.291 e. The largest absolute Gasteiger partial charge is 0.455 e. The molecule has 0 unspecified atom stereocenters. The van der Waals surface area contributed by atoms with Crippen molar-refractivity contribution in [1.82, 2.24) is 14.5 Å². The van der Waals surface area contributed by atoms with Gasteiger partial charge in [0.15, 0.2) is 10.9 Å². The van der Waals surface area contributed by atoms with Crippen LogP contribution in [-0.4, -0.2) is 33.4 Å². The minimum absolute atomic E-state index is 0.221. The number of carbonyl (C=O) groups excluding carboxylic acids is 1. The van der Waals surface area contributed by atoms with Crippen LogP contribution in [0.1, 0.15) is 54.0 Å². The molecule has 0 aliphatic heterocycles. The van der Waals surface area contributed by atoms with Gasteiger partial charge in [-0.3, -0.25) is 9.69 Å². The third-order valence-corrected chi connectivity index (χ3v) is 6.97. The van der Waals surface area contributed by atoms with E-state index in [2.05, 4.69) is 28.3 Å². The number of furan rings is 1. The monoisotopic (exact) mass is 438 g/mol. The molecule has 1 fully saturated rings. The fourth-order valence-electron chi connectivity index (χ4n) is 4.09. The average molecular weight is 439 g/mol. The Bertz CT molecular complexity index is 1010. The molecular weight excluding hydrogens is 408 g/mol. The molecule has 0 bridgehead atoms. The van der Waals surface area contributed by atoms with Gasteiger partial charge in [0.2, 0.25) is 0 Å². The van der Waals surface area contributed by atoms with Crippen LogP contribution < -0.4 is 5.32 Å². The number of aromatic nitrogens is 2. The number of amides is 1. The lowest BCUT2D eigenvalue weighted by Crippen LogP contribution is -2.33. The van der Waals surface area contributed by atoms with Crippen molar-refractivity contribution in [3.63, 3.8) is 0 Å². The molecular formula is C24H30N4O2S. The Balaban J connectivity index is 1.37. The van der Waals surface area contributed by atoms with Gasteiger partial charge in [-0.1, -0.05) is 49.2 Å². The van der Waals surface area contributed by atoms with Crippen molar-refractivity contribution in [2.24, 2.45) is 7.05 Å². The van der Waals surface area contributed by atoms with Gasteiger partial charge in [0.05, 0.1) is 5.75 Å². The number of benzene rings is 1. The first kappa shape index (κ1) is 21.7. The lowest BCUT2D eigenvalue weighted by molar-refractivity contribution is 0.0995. The zero-order valence-electron chi connectivity index (χ0n) is 18.2. The first-order valence-corrected chi connectivity index (χ1v) is 11.9. The number of thioether (sulfide) groups is 1. The third kappa shape index (κ3) is 5.60. The minimum Gasteiger partial charge on any atom is -0.455 e. The highest BCUT2D eigenvalue weighted by molar-refractivity contribution is 7.98. The first-order chi connectivity index (χ1) is 15.1. The van der Waals surface area contributed by atoms with E-state index in [9.17, 15) is 4.79 Å². The van der Waals surface area contributed by atoms with Gasteiger partial charge in [-0.2, -0.15) is 0 Å². The molecule has 7 heteroatoms. The summed E-state index contributed by atoms with van der Waals surface area (Å²) in [4.78, 5) is 19.5. The SMILES string of the molecule is CN(Cc1ccccc1NC(=O)c1ccc(CSc2nccn2C)o1)C1CCCCC1. The predicted octanol–water partition coefficient (Wildman–Crippen LogP) is 5.32. The molecule has 3 aromatic rings. The smallest absolute Gasteiger partial charge is 0.291 e. The molecule has 1 aromatic carbocycles. The maximum atomic E-state index is 12.8. The van der Waals surface area contributed by atoms with E-state index in [1.165, 1.54) is 32.1 Å². The Morgan fingerprint density at radius 2 is 2.03 bits per heavy atom. The van der Waals surface area contributed by atoms with E-state index in [0.29, 0.717) is 17.6 Å². The molecule has 1 aliphatic rings. The number of nitrogens with one attached hydrogen (secondary N) is 1. The molecule has 6 nitrogen and oxygen atoms in total. The third-order valence-electron chi connectivity index (χ3n) is 5.89. The molecule has 0 atom stereocenters. The van der Waals surface area contributed by atoms with E-state index in [-0.39, 0.29) is 5.91 Å². The van der Waals surface area contributed by atoms with Crippen molar-refractivity contribution in [3.8, 4) is 0 Å². The van der Waals surface area contributed by atoms with Crippen LogP contribution in [0.25, 0.3) is 0 Å². The summed E-state index contributed by atoms with van der Waals surface area (Å²) < 4.78 is 7.75. The van der Waals surface area contributed by atoms with Crippen molar-refractivity contribution < 1.29 is 9.21 Å². The van der Waals surface area contributed by atoms with Crippen LogP contribution in [0.2, 0.25) is 0 Å². The zero-order chi connectivity index (χ0) is 21.6. The second-order valence-electron chi connectivity index (χ2n) is 8.19. The zero-order valence-corrected chi connectivity index (χ0v) is 19.0. The molecule has 31 heavy (non-hydrogen) atoms. The van der Waals surface area contributed by atoms with Crippen molar-refractivity contribution in [2.45, 2.75) is 55.6 Å². The van der Waals surface area contributed by atoms with E-state index < -0.39 is 0 Å². The fourth-order valence-corrected chi connectivity index (χ4v) is 4.91. The second-order valence-corrected chi connectivity index (χ2v) is 9.14. The van der Waals surface area contributed by atoms with E-state index in [0.717, 1.165) is 28.7 Å². The number of rotatable bonds is 8. The number of para-hydroxylation sites is 1. The molecule has 1 N–H and O–H groups in total. The first-order valence-electron chi connectivity index (χ1n) is 10.9. The van der Waals surface area contributed by atoms with E-state index in [1.54, 1.807) is 24.0 Å². The van der Waals surface area contributed by atoms with Gasteiger partial charge in [-0.25, -0.2) is 4.98 Å².